The Hall–Kier alpha value is -1.23. The molecule has 1 aliphatic rings. The molecule has 1 aromatic carbocycles. The molecule has 0 radical (unpaired) electrons. The van der Waals surface area contributed by atoms with Crippen molar-refractivity contribution in [1.29, 1.82) is 0 Å². The number of nitrogens with zero attached hydrogens (tertiary/aromatic N) is 2. The Kier molecular flexibility index (Phi) is 4.38. The van der Waals surface area contributed by atoms with Crippen molar-refractivity contribution in [1.82, 2.24) is 15.2 Å². The van der Waals surface area contributed by atoms with Gasteiger partial charge in [0.05, 0.1) is 11.2 Å². The summed E-state index contributed by atoms with van der Waals surface area (Å²) in [6.07, 6.45) is 0.926. The third kappa shape index (κ3) is 3.34. The van der Waals surface area contributed by atoms with E-state index in [-0.39, 0.29) is 5.54 Å². The molecule has 1 fully saturated rings. The first-order chi connectivity index (χ1) is 10.2. The van der Waals surface area contributed by atoms with E-state index in [1.54, 1.807) is 11.3 Å². The molecule has 0 saturated carbocycles. The second-order valence-corrected chi connectivity index (χ2v) is 6.96. The molecule has 0 bridgehead atoms. The second kappa shape index (κ2) is 6.26. The molecule has 1 N–H and O–H groups in total. The first kappa shape index (κ1) is 14.7. The van der Waals surface area contributed by atoms with Crippen molar-refractivity contribution < 1.29 is 0 Å². The molecular weight excluding hydrogens is 278 g/mol. The average Bonchev–Trinajstić information content (AvgIpc) is 2.98. The fourth-order valence-corrected chi connectivity index (χ4v) is 3.80. The Bertz CT molecular complexity index is 571. The van der Waals surface area contributed by atoms with Gasteiger partial charge >= 0.3 is 0 Å². The van der Waals surface area contributed by atoms with E-state index in [0.717, 1.165) is 32.6 Å². The van der Waals surface area contributed by atoms with Crippen molar-refractivity contribution in [3.05, 3.63) is 52.0 Å². The van der Waals surface area contributed by atoms with E-state index < -0.39 is 0 Å². The van der Waals surface area contributed by atoms with Crippen LogP contribution in [0.1, 0.15) is 30.1 Å². The molecule has 0 unspecified atom stereocenters. The zero-order valence-electron chi connectivity index (χ0n) is 12.8. The zero-order valence-corrected chi connectivity index (χ0v) is 13.6. The third-order valence-corrected chi connectivity index (χ3v) is 5.41. The molecule has 3 rings (SSSR count). The van der Waals surface area contributed by atoms with Gasteiger partial charge in [0, 0.05) is 38.0 Å². The number of hydrogen-bond donors (Lipinski definition) is 1. The molecule has 112 valence electrons. The van der Waals surface area contributed by atoms with Crippen LogP contribution in [-0.4, -0.2) is 36.1 Å². The standard InChI is InChI=1S/C17H23N3S/c1-17(2,20-10-8-18-9-11-20)16-19-15(13-21-16)12-14-6-4-3-5-7-14/h3-7,13,18H,8-12H2,1-2H3. The highest BCUT2D eigenvalue weighted by molar-refractivity contribution is 7.09. The Labute approximate surface area is 131 Å². The van der Waals surface area contributed by atoms with E-state index in [4.69, 9.17) is 4.98 Å². The maximum Gasteiger partial charge on any atom is 0.113 e. The Morgan fingerprint density at radius 2 is 1.90 bits per heavy atom. The van der Waals surface area contributed by atoms with E-state index in [1.165, 1.54) is 16.3 Å². The molecular formula is C17H23N3S. The van der Waals surface area contributed by atoms with Crippen LogP contribution in [0.3, 0.4) is 0 Å². The summed E-state index contributed by atoms with van der Waals surface area (Å²) >= 11 is 1.80. The summed E-state index contributed by atoms with van der Waals surface area (Å²) < 4.78 is 0. The largest absolute Gasteiger partial charge is 0.314 e. The van der Waals surface area contributed by atoms with E-state index >= 15 is 0 Å². The van der Waals surface area contributed by atoms with E-state index in [0.29, 0.717) is 0 Å². The summed E-state index contributed by atoms with van der Waals surface area (Å²) in [6, 6.07) is 10.6. The van der Waals surface area contributed by atoms with Crippen LogP contribution >= 0.6 is 11.3 Å². The SMILES string of the molecule is CC(C)(c1nc(Cc2ccccc2)cs1)N1CCNCC1. The highest BCUT2D eigenvalue weighted by Crippen LogP contribution is 2.31. The molecule has 2 heterocycles. The van der Waals surface area contributed by atoms with Gasteiger partial charge in [-0.25, -0.2) is 4.98 Å². The number of benzene rings is 1. The van der Waals surface area contributed by atoms with Gasteiger partial charge in [0.25, 0.3) is 0 Å². The quantitative estimate of drug-likeness (QED) is 0.941. The number of nitrogens with one attached hydrogen (secondary N) is 1. The predicted octanol–water partition coefficient (Wildman–Crippen LogP) is 2.87. The highest BCUT2D eigenvalue weighted by Gasteiger charge is 2.32. The van der Waals surface area contributed by atoms with Crippen LogP contribution in [0.4, 0.5) is 0 Å². The van der Waals surface area contributed by atoms with Crippen molar-refractivity contribution in [3.8, 4) is 0 Å². The predicted molar refractivity (Wildman–Crippen MR) is 88.8 cm³/mol. The molecule has 0 atom stereocenters. The summed E-state index contributed by atoms with van der Waals surface area (Å²) in [6.45, 7) is 8.94. The molecule has 21 heavy (non-hydrogen) atoms. The van der Waals surface area contributed by atoms with Gasteiger partial charge in [0.2, 0.25) is 0 Å². The lowest BCUT2D eigenvalue weighted by molar-refractivity contribution is 0.102. The fourth-order valence-electron chi connectivity index (χ4n) is 2.83. The number of thiazole rings is 1. The summed E-state index contributed by atoms with van der Waals surface area (Å²) in [5.41, 5.74) is 2.54. The summed E-state index contributed by atoms with van der Waals surface area (Å²) in [5, 5.41) is 6.86. The molecule has 4 heteroatoms. The number of hydrogen-bond acceptors (Lipinski definition) is 4. The third-order valence-electron chi connectivity index (χ3n) is 4.21. The van der Waals surface area contributed by atoms with Crippen molar-refractivity contribution >= 4 is 11.3 Å². The van der Waals surface area contributed by atoms with Crippen molar-refractivity contribution in [3.63, 3.8) is 0 Å². The first-order valence-electron chi connectivity index (χ1n) is 7.61. The van der Waals surface area contributed by atoms with Gasteiger partial charge < -0.3 is 5.32 Å². The molecule has 1 saturated heterocycles. The van der Waals surface area contributed by atoms with Gasteiger partial charge in [-0.3, -0.25) is 4.90 Å². The molecule has 3 nitrogen and oxygen atoms in total. The lowest BCUT2D eigenvalue weighted by atomic mass is 10.0. The topological polar surface area (TPSA) is 28.2 Å². The molecule has 0 aliphatic carbocycles. The Morgan fingerprint density at radius 1 is 1.19 bits per heavy atom. The Morgan fingerprint density at radius 3 is 2.62 bits per heavy atom. The van der Waals surface area contributed by atoms with Crippen LogP contribution in [-0.2, 0) is 12.0 Å². The van der Waals surface area contributed by atoms with Gasteiger partial charge in [-0.15, -0.1) is 11.3 Å². The minimum atomic E-state index is 0.0295. The highest BCUT2D eigenvalue weighted by atomic mass is 32.1. The van der Waals surface area contributed by atoms with Crippen molar-refractivity contribution in [2.75, 3.05) is 26.2 Å². The van der Waals surface area contributed by atoms with Gasteiger partial charge in [0.15, 0.2) is 0 Å². The van der Waals surface area contributed by atoms with E-state index in [2.05, 4.69) is 59.8 Å². The molecule has 0 spiro atoms. The average molecular weight is 301 g/mol. The van der Waals surface area contributed by atoms with Crippen LogP contribution in [0.25, 0.3) is 0 Å². The minimum Gasteiger partial charge on any atom is -0.314 e. The van der Waals surface area contributed by atoms with Gasteiger partial charge in [-0.2, -0.15) is 0 Å². The van der Waals surface area contributed by atoms with Crippen LogP contribution in [0, 0.1) is 0 Å². The lowest BCUT2D eigenvalue weighted by Gasteiger charge is -2.39. The number of piperazine rings is 1. The number of rotatable bonds is 4. The van der Waals surface area contributed by atoms with E-state index in [9.17, 15) is 0 Å². The summed E-state index contributed by atoms with van der Waals surface area (Å²) in [5.74, 6) is 0. The summed E-state index contributed by atoms with van der Waals surface area (Å²) in [7, 11) is 0. The van der Waals surface area contributed by atoms with E-state index in [1.807, 2.05) is 0 Å². The monoisotopic (exact) mass is 301 g/mol. The van der Waals surface area contributed by atoms with Crippen LogP contribution < -0.4 is 5.32 Å². The number of aromatic nitrogens is 1. The smallest absolute Gasteiger partial charge is 0.113 e. The zero-order chi connectivity index (χ0) is 14.7. The van der Waals surface area contributed by atoms with Crippen LogP contribution in [0.5, 0.6) is 0 Å². The lowest BCUT2D eigenvalue weighted by Crippen LogP contribution is -2.51. The molecule has 1 aliphatic heterocycles. The second-order valence-electron chi connectivity index (χ2n) is 6.10. The van der Waals surface area contributed by atoms with Gasteiger partial charge in [-0.1, -0.05) is 30.3 Å². The maximum atomic E-state index is 4.91. The Balaban J connectivity index is 1.74. The van der Waals surface area contributed by atoms with Crippen molar-refractivity contribution in [2.45, 2.75) is 25.8 Å². The molecule has 1 aromatic heterocycles. The fraction of sp³-hybridized carbons (Fsp3) is 0.471. The normalized spacial score (nSPS) is 17.0. The van der Waals surface area contributed by atoms with Gasteiger partial charge in [0.1, 0.15) is 5.01 Å². The minimum absolute atomic E-state index is 0.0295. The van der Waals surface area contributed by atoms with Crippen LogP contribution in [0.15, 0.2) is 35.7 Å². The first-order valence-corrected chi connectivity index (χ1v) is 8.49. The van der Waals surface area contributed by atoms with Gasteiger partial charge in [-0.05, 0) is 19.4 Å². The maximum absolute atomic E-state index is 4.91. The molecule has 2 aromatic rings. The molecule has 0 amide bonds. The summed E-state index contributed by atoms with van der Waals surface area (Å²) in [4.78, 5) is 7.45. The van der Waals surface area contributed by atoms with Crippen molar-refractivity contribution in [2.24, 2.45) is 0 Å². The van der Waals surface area contributed by atoms with Crippen LogP contribution in [0.2, 0.25) is 0 Å².